The van der Waals surface area contributed by atoms with Crippen molar-refractivity contribution in [3.63, 3.8) is 0 Å². The van der Waals surface area contributed by atoms with Crippen molar-refractivity contribution in [1.82, 2.24) is 30.4 Å². The summed E-state index contributed by atoms with van der Waals surface area (Å²) in [6.45, 7) is 7.95. The summed E-state index contributed by atoms with van der Waals surface area (Å²) in [5.41, 5.74) is 3.27. The number of ether oxygens (including phenoxy) is 2. The molecule has 0 amide bonds. The first kappa shape index (κ1) is 29.0. The third-order valence-corrected chi connectivity index (χ3v) is 10.3. The molecule has 0 atom stereocenters. The normalized spacial score (nSPS) is 24.2. The second-order valence-corrected chi connectivity index (χ2v) is 13.6. The van der Waals surface area contributed by atoms with Gasteiger partial charge in [0.1, 0.15) is 29.7 Å². The topological polar surface area (TPSA) is 106 Å². The molecule has 1 saturated heterocycles. The number of carbonyl (C=O) groups is 1. The lowest BCUT2D eigenvalue weighted by Crippen LogP contribution is -2.68. The van der Waals surface area contributed by atoms with Crippen LogP contribution in [0.1, 0.15) is 67.6 Å². The Labute approximate surface area is 257 Å². The van der Waals surface area contributed by atoms with Crippen molar-refractivity contribution in [2.24, 2.45) is 11.3 Å². The molecule has 44 heavy (non-hydrogen) atoms. The molecule has 4 aliphatic carbocycles. The molecule has 2 aromatic heterocycles. The Morgan fingerprint density at radius 1 is 1.11 bits per heavy atom. The highest BCUT2D eigenvalue weighted by molar-refractivity contribution is 5.79. The minimum absolute atomic E-state index is 0.101. The molecule has 6 aliphatic rings. The van der Waals surface area contributed by atoms with Crippen LogP contribution in [0.25, 0.3) is 0 Å². The van der Waals surface area contributed by atoms with E-state index >= 15 is 0 Å². The number of hydrogen-bond donors (Lipinski definition) is 1. The number of nitrogens with zero attached hydrogens (tertiary/aromatic N) is 6. The molecule has 2 bridgehead atoms. The maximum absolute atomic E-state index is 13.4. The fourth-order valence-electron chi connectivity index (χ4n) is 7.55. The summed E-state index contributed by atoms with van der Waals surface area (Å²) >= 11 is 0. The van der Waals surface area contributed by atoms with Gasteiger partial charge in [0, 0.05) is 67.0 Å². The van der Waals surface area contributed by atoms with E-state index in [-0.39, 0.29) is 28.7 Å². The number of halogens is 1. The third kappa shape index (κ3) is 5.30. The smallest absolute Gasteiger partial charge is 0.282 e. The molecule has 2 aliphatic heterocycles. The molecule has 1 aromatic carbocycles. The first-order valence-corrected chi connectivity index (χ1v) is 15.7. The van der Waals surface area contributed by atoms with Crippen molar-refractivity contribution in [1.29, 1.82) is 0 Å². The number of rotatable bonds is 8. The summed E-state index contributed by atoms with van der Waals surface area (Å²) in [6, 6.07) is 6.45. The summed E-state index contributed by atoms with van der Waals surface area (Å²) in [7, 11) is 2.28. The monoisotopic (exact) mass is 601 g/mol. The first-order chi connectivity index (χ1) is 21.3. The summed E-state index contributed by atoms with van der Waals surface area (Å²) < 4.78 is 25.6. The van der Waals surface area contributed by atoms with Crippen LogP contribution in [-0.2, 0) is 13.0 Å². The molecule has 11 heteroatoms. The van der Waals surface area contributed by atoms with Crippen LogP contribution in [0.2, 0.25) is 0 Å². The van der Waals surface area contributed by atoms with Crippen molar-refractivity contribution < 1.29 is 18.7 Å². The number of carbonyl (C=O) groups excluding carboxylic acids is 1. The van der Waals surface area contributed by atoms with Crippen LogP contribution >= 0.6 is 0 Å². The van der Waals surface area contributed by atoms with E-state index in [0.29, 0.717) is 17.6 Å². The fourth-order valence-corrected chi connectivity index (χ4v) is 7.55. The molecule has 1 N–H and O–H groups in total. The quantitative estimate of drug-likeness (QED) is 0.369. The number of aldehydes is 1. The van der Waals surface area contributed by atoms with E-state index in [2.05, 4.69) is 56.2 Å². The molecule has 10 nitrogen and oxygen atoms in total. The average molecular weight is 602 g/mol. The Morgan fingerprint density at radius 2 is 1.91 bits per heavy atom. The van der Waals surface area contributed by atoms with Crippen LogP contribution in [0.5, 0.6) is 17.4 Å². The fraction of sp³-hybridized carbons (Fsp3) is 0.545. The molecule has 232 valence electrons. The van der Waals surface area contributed by atoms with Crippen molar-refractivity contribution >= 4 is 12.1 Å². The van der Waals surface area contributed by atoms with Crippen LogP contribution in [0, 0.1) is 17.2 Å². The highest BCUT2D eigenvalue weighted by atomic mass is 19.1. The Bertz CT molecular complexity index is 1520. The van der Waals surface area contributed by atoms with E-state index in [0.717, 1.165) is 74.9 Å². The molecule has 0 radical (unpaired) electrons. The Morgan fingerprint density at radius 3 is 2.59 bits per heavy atom. The van der Waals surface area contributed by atoms with Crippen LogP contribution in [-0.4, -0.2) is 75.7 Å². The second kappa shape index (κ2) is 11.3. The van der Waals surface area contributed by atoms with Gasteiger partial charge in [-0.15, -0.1) is 10.2 Å². The third-order valence-electron chi connectivity index (χ3n) is 10.3. The number of benzene rings is 1. The highest BCUT2D eigenvalue weighted by Gasteiger charge is 2.59. The molecule has 0 unspecified atom stereocenters. The van der Waals surface area contributed by atoms with Gasteiger partial charge in [-0.25, -0.2) is 9.37 Å². The predicted molar refractivity (Wildman–Crippen MR) is 163 cm³/mol. The van der Waals surface area contributed by atoms with Gasteiger partial charge in [-0.3, -0.25) is 14.7 Å². The maximum atomic E-state index is 13.4. The van der Waals surface area contributed by atoms with Crippen molar-refractivity contribution in [2.75, 3.05) is 31.6 Å². The zero-order valence-corrected chi connectivity index (χ0v) is 25.6. The average Bonchev–Trinajstić information content (AvgIpc) is 2.94. The van der Waals surface area contributed by atoms with Gasteiger partial charge in [-0.2, -0.15) is 0 Å². The molecule has 5 fully saturated rings. The number of pyridine rings is 1. The van der Waals surface area contributed by atoms with E-state index in [1.165, 1.54) is 43.3 Å². The first-order valence-electron chi connectivity index (χ1n) is 15.7. The van der Waals surface area contributed by atoms with E-state index in [4.69, 9.17) is 9.47 Å². The Balaban J connectivity index is 0.000000264. The number of anilines is 1. The molecular formula is C33H40FN7O3. The molecule has 4 heterocycles. The number of nitrogens with one attached hydrogen (secondary N) is 1. The number of aromatic nitrogens is 4. The lowest BCUT2D eigenvalue weighted by molar-refractivity contribution is -0.144. The Hall–Kier alpha value is -3.70. The minimum atomic E-state index is -0.512. The van der Waals surface area contributed by atoms with Gasteiger partial charge in [-0.05, 0) is 83.2 Å². The van der Waals surface area contributed by atoms with Gasteiger partial charge in [0.15, 0.2) is 12.1 Å². The lowest BCUT2D eigenvalue weighted by atomic mass is 9.49. The lowest BCUT2D eigenvalue weighted by Gasteiger charge is -2.67. The van der Waals surface area contributed by atoms with Crippen LogP contribution < -0.4 is 19.7 Å². The molecule has 4 saturated carbocycles. The summed E-state index contributed by atoms with van der Waals surface area (Å²) in [4.78, 5) is 24.8. The van der Waals surface area contributed by atoms with Crippen molar-refractivity contribution in [2.45, 2.75) is 76.6 Å². The van der Waals surface area contributed by atoms with E-state index in [9.17, 15) is 9.18 Å². The summed E-state index contributed by atoms with van der Waals surface area (Å²) in [5, 5.41) is 11.3. The van der Waals surface area contributed by atoms with Crippen LogP contribution in [0.3, 0.4) is 0 Å². The van der Waals surface area contributed by atoms with Crippen LogP contribution in [0.15, 0.2) is 36.8 Å². The van der Waals surface area contributed by atoms with Crippen LogP contribution in [0.4, 0.5) is 10.2 Å². The van der Waals surface area contributed by atoms with Gasteiger partial charge in [-0.1, -0.05) is 0 Å². The number of fused-ring (bicyclic) bond motifs is 1. The van der Waals surface area contributed by atoms with E-state index in [1.54, 1.807) is 0 Å². The van der Waals surface area contributed by atoms with Gasteiger partial charge in [0.05, 0.1) is 5.56 Å². The van der Waals surface area contributed by atoms with E-state index in [1.807, 2.05) is 12.3 Å². The van der Waals surface area contributed by atoms with Crippen molar-refractivity contribution in [3.05, 3.63) is 59.4 Å². The number of hydrogen-bond acceptors (Lipinski definition) is 10. The van der Waals surface area contributed by atoms with Gasteiger partial charge < -0.3 is 19.7 Å². The molecule has 1 spiro atoms. The van der Waals surface area contributed by atoms with Crippen molar-refractivity contribution in [3.8, 4) is 17.4 Å². The Kier molecular flexibility index (Phi) is 7.48. The molecule has 9 rings (SSSR count). The highest BCUT2D eigenvalue weighted by Crippen LogP contribution is 2.60. The molecule has 3 aromatic rings. The van der Waals surface area contributed by atoms with Gasteiger partial charge in [0.25, 0.3) is 5.88 Å². The SMILES string of the molecule is CC(C)N(C)C12CC(C1)C2.O=Cc1cc(F)ccc1Oc1nncnc1N1CC2(CC(Oc3ccnc4c3CNCC4)C2)C1. The predicted octanol–water partition coefficient (Wildman–Crippen LogP) is 4.58. The van der Waals surface area contributed by atoms with Gasteiger partial charge in [0.2, 0.25) is 0 Å². The zero-order valence-electron chi connectivity index (χ0n) is 25.6. The summed E-state index contributed by atoms with van der Waals surface area (Å²) in [5.74, 6) is 2.50. The summed E-state index contributed by atoms with van der Waals surface area (Å²) in [6.07, 6.45) is 11.3. The molecular weight excluding hydrogens is 561 g/mol. The minimum Gasteiger partial charge on any atom is -0.490 e. The zero-order chi connectivity index (χ0) is 30.5. The van der Waals surface area contributed by atoms with E-state index < -0.39 is 5.82 Å². The standard InChI is InChI=1S/C24H23FN6O3.C9H17N/c25-16-1-2-20(15(7-16)11-32)34-23-22(28-14-29-30-23)31-12-24(13-31)8-17(9-24)33-21-4-6-27-19-3-5-26-10-18(19)21;1-7(2)10(3)9-4-8(5-9)6-9/h1-2,4,6-7,11,14,17,26H,3,5,8-10,12-13H2;7-8H,4-6H2,1-3H3. The van der Waals surface area contributed by atoms with Gasteiger partial charge >= 0.3 is 0 Å². The largest absolute Gasteiger partial charge is 0.490 e. The maximum Gasteiger partial charge on any atom is 0.282 e. The second-order valence-electron chi connectivity index (χ2n) is 13.6.